The highest BCUT2D eigenvalue weighted by Crippen LogP contribution is 2.27. The van der Waals surface area contributed by atoms with Crippen molar-refractivity contribution in [2.45, 2.75) is 6.61 Å². The van der Waals surface area contributed by atoms with Gasteiger partial charge in [0.25, 0.3) is 5.89 Å². The first-order chi connectivity index (χ1) is 14.7. The summed E-state index contributed by atoms with van der Waals surface area (Å²) in [4.78, 5) is 28.8. The van der Waals surface area contributed by atoms with Gasteiger partial charge in [-0.25, -0.2) is 4.79 Å². The zero-order valence-corrected chi connectivity index (χ0v) is 16.0. The second kappa shape index (κ2) is 8.48. The third-order valence-electron chi connectivity index (χ3n) is 4.23. The average molecular weight is 407 g/mol. The second-order valence-corrected chi connectivity index (χ2v) is 6.20. The summed E-state index contributed by atoms with van der Waals surface area (Å²) in [6.45, 7) is -0.533. The van der Waals surface area contributed by atoms with E-state index < -0.39 is 11.8 Å². The SMILES string of the molecule is COc1ccccc1-c1noc(COC(=O)C2=C(Nc3ccccc3)OCC2=O)n1. The maximum atomic E-state index is 12.5. The van der Waals surface area contributed by atoms with E-state index in [9.17, 15) is 9.59 Å². The Bertz CT molecular complexity index is 1110. The number of carbonyl (C=O) groups excluding carboxylic acids is 2. The fourth-order valence-electron chi connectivity index (χ4n) is 2.82. The molecule has 2 heterocycles. The normalized spacial score (nSPS) is 13.2. The molecule has 30 heavy (non-hydrogen) atoms. The molecule has 0 saturated carbocycles. The Hall–Kier alpha value is -4.14. The molecule has 1 aliphatic heterocycles. The Morgan fingerprint density at radius 2 is 1.90 bits per heavy atom. The first-order valence-electron chi connectivity index (χ1n) is 9.01. The highest BCUT2D eigenvalue weighted by molar-refractivity contribution is 6.19. The summed E-state index contributed by atoms with van der Waals surface area (Å²) >= 11 is 0. The lowest BCUT2D eigenvalue weighted by Gasteiger charge is -2.08. The zero-order chi connectivity index (χ0) is 20.9. The Morgan fingerprint density at radius 3 is 2.70 bits per heavy atom. The third-order valence-corrected chi connectivity index (χ3v) is 4.23. The van der Waals surface area contributed by atoms with Crippen molar-refractivity contribution < 1.29 is 28.3 Å². The summed E-state index contributed by atoms with van der Waals surface area (Å²) < 4.78 is 20.9. The van der Waals surface area contributed by atoms with Gasteiger partial charge >= 0.3 is 5.97 Å². The molecule has 2 aromatic carbocycles. The van der Waals surface area contributed by atoms with Gasteiger partial charge in [-0.1, -0.05) is 35.5 Å². The number of esters is 1. The largest absolute Gasteiger partial charge is 0.496 e. The summed E-state index contributed by atoms with van der Waals surface area (Å²) in [6, 6.07) is 16.2. The molecule has 0 bridgehead atoms. The van der Waals surface area contributed by atoms with Crippen molar-refractivity contribution in [2.24, 2.45) is 0 Å². The summed E-state index contributed by atoms with van der Waals surface area (Å²) in [5, 5.41) is 6.79. The van der Waals surface area contributed by atoms with Gasteiger partial charge in [0.15, 0.2) is 18.8 Å². The topological polar surface area (TPSA) is 113 Å². The molecule has 152 valence electrons. The lowest BCUT2D eigenvalue weighted by Crippen LogP contribution is -2.16. The van der Waals surface area contributed by atoms with Gasteiger partial charge in [-0.2, -0.15) is 4.98 Å². The fraction of sp³-hybridized carbons (Fsp3) is 0.143. The standard InChI is InChI=1S/C21H17N3O6/c1-27-16-10-6-5-9-14(16)19-23-17(30-24-19)12-29-21(26)18-15(25)11-28-20(18)22-13-7-3-2-4-8-13/h2-10,22H,11-12H2,1H3. The lowest BCUT2D eigenvalue weighted by atomic mass is 10.2. The quantitative estimate of drug-likeness (QED) is 0.466. The molecule has 0 amide bonds. The molecule has 1 aromatic heterocycles. The molecule has 4 rings (SSSR count). The molecule has 9 nitrogen and oxygen atoms in total. The van der Waals surface area contributed by atoms with E-state index >= 15 is 0 Å². The Morgan fingerprint density at radius 1 is 1.13 bits per heavy atom. The van der Waals surface area contributed by atoms with Crippen LogP contribution in [-0.4, -0.2) is 35.6 Å². The van der Waals surface area contributed by atoms with Crippen LogP contribution in [0.15, 0.2) is 70.6 Å². The predicted octanol–water partition coefficient (Wildman–Crippen LogP) is 2.71. The van der Waals surface area contributed by atoms with E-state index in [1.807, 2.05) is 30.3 Å². The molecule has 0 fully saturated rings. The number of nitrogens with zero attached hydrogens (tertiary/aromatic N) is 2. The molecule has 0 radical (unpaired) electrons. The molecule has 0 unspecified atom stereocenters. The summed E-state index contributed by atoms with van der Waals surface area (Å²) in [5.41, 5.74) is 1.12. The number of ether oxygens (including phenoxy) is 3. The zero-order valence-electron chi connectivity index (χ0n) is 16.0. The van der Waals surface area contributed by atoms with E-state index in [4.69, 9.17) is 18.7 Å². The maximum Gasteiger partial charge on any atom is 0.347 e. The van der Waals surface area contributed by atoms with E-state index in [2.05, 4.69) is 15.5 Å². The number of ketones is 1. The van der Waals surface area contributed by atoms with Gasteiger partial charge < -0.3 is 24.1 Å². The van der Waals surface area contributed by atoms with Crippen molar-refractivity contribution in [1.29, 1.82) is 0 Å². The predicted molar refractivity (Wildman–Crippen MR) is 104 cm³/mol. The number of para-hydroxylation sites is 2. The Labute approximate surface area is 171 Å². The number of Topliss-reactive ketones (excluding diaryl/α,β-unsaturated/α-hetero) is 1. The van der Waals surface area contributed by atoms with E-state index in [0.29, 0.717) is 22.8 Å². The first kappa shape index (κ1) is 19.2. The van der Waals surface area contributed by atoms with Gasteiger partial charge in [-0.15, -0.1) is 0 Å². The van der Waals surface area contributed by atoms with Crippen LogP contribution in [0.3, 0.4) is 0 Å². The number of nitrogens with one attached hydrogen (secondary N) is 1. The van der Waals surface area contributed by atoms with Crippen molar-refractivity contribution in [3.63, 3.8) is 0 Å². The summed E-state index contributed by atoms with van der Waals surface area (Å²) in [5.74, 6) is -0.307. The minimum atomic E-state index is -0.840. The Balaban J connectivity index is 1.46. The number of methoxy groups -OCH3 is 1. The molecule has 0 aliphatic carbocycles. The van der Waals surface area contributed by atoms with Gasteiger partial charge in [-0.05, 0) is 24.3 Å². The maximum absolute atomic E-state index is 12.5. The van der Waals surface area contributed by atoms with Crippen LogP contribution in [0.4, 0.5) is 5.69 Å². The molecular weight excluding hydrogens is 390 g/mol. The van der Waals surface area contributed by atoms with Crippen LogP contribution in [0.25, 0.3) is 11.4 Å². The number of hydrogen-bond donors (Lipinski definition) is 1. The summed E-state index contributed by atoms with van der Waals surface area (Å²) in [7, 11) is 1.54. The smallest absolute Gasteiger partial charge is 0.347 e. The fourth-order valence-corrected chi connectivity index (χ4v) is 2.82. The van der Waals surface area contributed by atoms with Crippen molar-refractivity contribution in [2.75, 3.05) is 19.0 Å². The van der Waals surface area contributed by atoms with E-state index in [1.54, 1.807) is 24.3 Å². The van der Waals surface area contributed by atoms with Gasteiger partial charge in [0.1, 0.15) is 5.75 Å². The molecule has 1 aliphatic rings. The van der Waals surface area contributed by atoms with Crippen LogP contribution in [0, 0.1) is 0 Å². The average Bonchev–Trinajstić information content (AvgIpc) is 3.39. The van der Waals surface area contributed by atoms with Crippen LogP contribution >= 0.6 is 0 Å². The minimum Gasteiger partial charge on any atom is -0.496 e. The number of hydrogen-bond acceptors (Lipinski definition) is 9. The van der Waals surface area contributed by atoms with Crippen LogP contribution in [-0.2, 0) is 25.7 Å². The molecule has 3 aromatic rings. The highest BCUT2D eigenvalue weighted by atomic mass is 16.6. The highest BCUT2D eigenvalue weighted by Gasteiger charge is 2.33. The molecule has 0 spiro atoms. The van der Waals surface area contributed by atoms with Crippen molar-refractivity contribution in [3.05, 3.63) is 71.9 Å². The molecule has 0 saturated heterocycles. The third kappa shape index (κ3) is 4.00. The van der Waals surface area contributed by atoms with Crippen LogP contribution in [0.5, 0.6) is 5.75 Å². The number of anilines is 1. The van der Waals surface area contributed by atoms with Crippen LogP contribution < -0.4 is 10.1 Å². The molecular formula is C21H17N3O6. The second-order valence-electron chi connectivity index (χ2n) is 6.20. The van der Waals surface area contributed by atoms with Gasteiger partial charge in [0, 0.05) is 5.69 Å². The van der Waals surface area contributed by atoms with Crippen LogP contribution in [0.1, 0.15) is 5.89 Å². The number of benzene rings is 2. The molecule has 9 heteroatoms. The molecule has 1 N–H and O–H groups in total. The monoisotopic (exact) mass is 407 g/mol. The van der Waals surface area contributed by atoms with Crippen LogP contribution in [0.2, 0.25) is 0 Å². The van der Waals surface area contributed by atoms with Gasteiger partial charge in [0.05, 0.1) is 12.7 Å². The van der Waals surface area contributed by atoms with E-state index in [1.165, 1.54) is 7.11 Å². The van der Waals surface area contributed by atoms with Gasteiger partial charge in [0.2, 0.25) is 17.5 Å². The van der Waals surface area contributed by atoms with Gasteiger partial charge in [-0.3, -0.25) is 4.79 Å². The van der Waals surface area contributed by atoms with Crippen molar-refractivity contribution >= 4 is 17.4 Å². The lowest BCUT2D eigenvalue weighted by molar-refractivity contribution is -0.142. The van der Waals surface area contributed by atoms with Crippen molar-refractivity contribution in [1.82, 2.24) is 10.1 Å². The Kier molecular flexibility index (Phi) is 5.42. The minimum absolute atomic E-state index is 0.0523. The number of aromatic nitrogens is 2. The summed E-state index contributed by atoms with van der Waals surface area (Å²) in [6.07, 6.45) is 0. The number of rotatable bonds is 7. The first-order valence-corrected chi connectivity index (χ1v) is 9.01. The number of carbonyl (C=O) groups is 2. The van der Waals surface area contributed by atoms with E-state index in [0.717, 1.165) is 0 Å². The van der Waals surface area contributed by atoms with Crippen molar-refractivity contribution in [3.8, 4) is 17.1 Å². The molecule has 0 atom stereocenters. The van der Waals surface area contributed by atoms with E-state index in [-0.39, 0.29) is 30.6 Å².